The summed E-state index contributed by atoms with van der Waals surface area (Å²) in [5, 5.41) is 3.51. The normalized spacial score (nSPS) is 39.6. The van der Waals surface area contributed by atoms with Crippen molar-refractivity contribution in [3.8, 4) is 0 Å². The van der Waals surface area contributed by atoms with Gasteiger partial charge in [0.15, 0.2) is 0 Å². The summed E-state index contributed by atoms with van der Waals surface area (Å²) >= 11 is 0. The highest BCUT2D eigenvalue weighted by Gasteiger charge is 2.54. The molecule has 0 aliphatic heterocycles. The summed E-state index contributed by atoms with van der Waals surface area (Å²) in [5.74, 6) is 1.94. The zero-order valence-corrected chi connectivity index (χ0v) is 10.2. The molecule has 2 aliphatic rings. The highest BCUT2D eigenvalue weighted by Crippen LogP contribution is 2.62. The molecule has 0 saturated heterocycles. The van der Waals surface area contributed by atoms with Gasteiger partial charge in [0.1, 0.15) is 0 Å². The molecule has 0 aromatic heterocycles. The third-order valence-corrected chi connectivity index (χ3v) is 4.36. The van der Waals surface area contributed by atoms with Crippen molar-refractivity contribution in [2.45, 2.75) is 39.0 Å². The first-order valence-electron chi connectivity index (χ1n) is 6.46. The lowest BCUT2D eigenvalue weighted by Gasteiger charge is -2.28. The second-order valence-corrected chi connectivity index (χ2v) is 5.66. The van der Waals surface area contributed by atoms with Gasteiger partial charge in [-0.05, 0) is 43.1 Å². The summed E-state index contributed by atoms with van der Waals surface area (Å²) in [6.07, 6.45) is 7.40. The fourth-order valence-electron chi connectivity index (χ4n) is 3.43. The maximum atomic E-state index is 5.04. The number of methoxy groups -OCH3 is 1. The van der Waals surface area contributed by atoms with Gasteiger partial charge in [-0.25, -0.2) is 0 Å². The van der Waals surface area contributed by atoms with Gasteiger partial charge in [-0.2, -0.15) is 0 Å². The monoisotopic (exact) mass is 211 g/mol. The molecule has 3 atom stereocenters. The molecule has 3 unspecified atom stereocenters. The van der Waals surface area contributed by atoms with Crippen LogP contribution in [0.2, 0.25) is 0 Å². The summed E-state index contributed by atoms with van der Waals surface area (Å²) in [6.45, 7) is 5.50. The Morgan fingerprint density at radius 1 is 1.40 bits per heavy atom. The van der Waals surface area contributed by atoms with Crippen LogP contribution in [0, 0.1) is 17.3 Å². The first kappa shape index (κ1) is 11.4. The van der Waals surface area contributed by atoms with Crippen molar-refractivity contribution >= 4 is 0 Å². The average Bonchev–Trinajstić information content (AvgIpc) is 2.85. The zero-order valence-electron chi connectivity index (χ0n) is 10.2. The zero-order chi connectivity index (χ0) is 10.7. The van der Waals surface area contributed by atoms with Gasteiger partial charge < -0.3 is 10.1 Å². The van der Waals surface area contributed by atoms with Crippen LogP contribution < -0.4 is 5.32 Å². The van der Waals surface area contributed by atoms with E-state index in [9.17, 15) is 0 Å². The van der Waals surface area contributed by atoms with Crippen LogP contribution in [0.25, 0.3) is 0 Å². The minimum absolute atomic E-state index is 0.762. The van der Waals surface area contributed by atoms with Crippen LogP contribution in [0.3, 0.4) is 0 Å². The molecule has 15 heavy (non-hydrogen) atoms. The third-order valence-electron chi connectivity index (χ3n) is 4.36. The number of nitrogens with one attached hydrogen (secondary N) is 1. The molecular weight excluding hydrogens is 186 g/mol. The second-order valence-electron chi connectivity index (χ2n) is 5.66. The first-order valence-corrected chi connectivity index (χ1v) is 6.46. The van der Waals surface area contributed by atoms with Crippen LogP contribution in [0.5, 0.6) is 0 Å². The molecule has 2 heteroatoms. The molecule has 2 fully saturated rings. The van der Waals surface area contributed by atoms with Crippen molar-refractivity contribution in [2.24, 2.45) is 17.3 Å². The highest BCUT2D eigenvalue weighted by molar-refractivity contribution is 5.05. The predicted molar refractivity (Wildman–Crippen MR) is 62.9 cm³/mol. The van der Waals surface area contributed by atoms with Crippen molar-refractivity contribution in [2.75, 3.05) is 26.8 Å². The number of hydrogen-bond acceptors (Lipinski definition) is 2. The summed E-state index contributed by atoms with van der Waals surface area (Å²) in [4.78, 5) is 0. The molecular formula is C13H25NO. The fourth-order valence-corrected chi connectivity index (χ4v) is 3.43. The van der Waals surface area contributed by atoms with Gasteiger partial charge >= 0.3 is 0 Å². The largest absolute Gasteiger partial charge is 0.383 e. The Morgan fingerprint density at radius 2 is 2.27 bits per heavy atom. The SMILES string of the molecule is COCCNCC1CC12CCCC(C)C2. The molecule has 2 rings (SSSR count). The molecule has 1 N–H and O–H groups in total. The minimum atomic E-state index is 0.762. The second kappa shape index (κ2) is 4.84. The smallest absolute Gasteiger partial charge is 0.0587 e. The molecule has 0 heterocycles. The molecule has 0 aromatic carbocycles. The summed E-state index contributed by atoms with van der Waals surface area (Å²) in [6, 6.07) is 0. The lowest BCUT2D eigenvalue weighted by molar-refractivity contribution is 0.196. The molecule has 2 aliphatic carbocycles. The Balaban J connectivity index is 1.65. The standard InChI is InChI=1S/C13H25NO/c1-11-4-3-5-13(8-11)9-12(13)10-14-6-7-15-2/h11-12,14H,3-10H2,1-2H3. The van der Waals surface area contributed by atoms with E-state index in [2.05, 4.69) is 12.2 Å². The van der Waals surface area contributed by atoms with Gasteiger partial charge in [-0.1, -0.05) is 19.8 Å². The van der Waals surface area contributed by atoms with Crippen LogP contribution in [0.4, 0.5) is 0 Å². The minimum Gasteiger partial charge on any atom is -0.383 e. The average molecular weight is 211 g/mol. The van der Waals surface area contributed by atoms with Crippen molar-refractivity contribution in [3.05, 3.63) is 0 Å². The predicted octanol–water partition coefficient (Wildman–Crippen LogP) is 2.44. The Kier molecular flexibility index (Phi) is 3.68. The van der Waals surface area contributed by atoms with E-state index in [4.69, 9.17) is 4.74 Å². The van der Waals surface area contributed by atoms with Crippen molar-refractivity contribution in [3.63, 3.8) is 0 Å². The van der Waals surface area contributed by atoms with Gasteiger partial charge in [0.2, 0.25) is 0 Å². The molecule has 0 amide bonds. The number of ether oxygens (including phenoxy) is 1. The van der Waals surface area contributed by atoms with Crippen LogP contribution >= 0.6 is 0 Å². The van der Waals surface area contributed by atoms with Gasteiger partial charge in [0.05, 0.1) is 6.61 Å². The molecule has 88 valence electrons. The van der Waals surface area contributed by atoms with Gasteiger partial charge in [0.25, 0.3) is 0 Å². The topological polar surface area (TPSA) is 21.3 Å². The molecule has 0 aromatic rings. The molecule has 2 saturated carbocycles. The molecule has 0 bridgehead atoms. The maximum Gasteiger partial charge on any atom is 0.0587 e. The summed E-state index contributed by atoms with van der Waals surface area (Å²) in [7, 11) is 1.77. The number of rotatable bonds is 5. The maximum absolute atomic E-state index is 5.04. The lowest BCUT2D eigenvalue weighted by atomic mass is 9.78. The highest BCUT2D eigenvalue weighted by atomic mass is 16.5. The van der Waals surface area contributed by atoms with Crippen molar-refractivity contribution < 1.29 is 4.74 Å². The van der Waals surface area contributed by atoms with Gasteiger partial charge in [-0.3, -0.25) is 0 Å². The van der Waals surface area contributed by atoms with Crippen LogP contribution in [0.1, 0.15) is 39.0 Å². The van der Waals surface area contributed by atoms with Crippen LogP contribution in [-0.2, 0) is 4.74 Å². The van der Waals surface area contributed by atoms with E-state index in [0.29, 0.717) is 0 Å². The van der Waals surface area contributed by atoms with E-state index in [-0.39, 0.29) is 0 Å². The molecule has 1 spiro atoms. The van der Waals surface area contributed by atoms with E-state index in [1.54, 1.807) is 7.11 Å². The van der Waals surface area contributed by atoms with E-state index in [1.165, 1.54) is 38.6 Å². The van der Waals surface area contributed by atoms with E-state index in [0.717, 1.165) is 30.4 Å². The lowest BCUT2D eigenvalue weighted by Crippen LogP contribution is -2.25. The van der Waals surface area contributed by atoms with Gasteiger partial charge in [0, 0.05) is 13.7 Å². The Hall–Kier alpha value is -0.0800. The van der Waals surface area contributed by atoms with Crippen LogP contribution in [0.15, 0.2) is 0 Å². The van der Waals surface area contributed by atoms with Crippen LogP contribution in [-0.4, -0.2) is 26.8 Å². The van der Waals surface area contributed by atoms with Gasteiger partial charge in [-0.15, -0.1) is 0 Å². The Morgan fingerprint density at radius 3 is 3.00 bits per heavy atom. The Labute approximate surface area is 93.8 Å². The molecule has 2 nitrogen and oxygen atoms in total. The van der Waals surface area contributed by atoms with E-state index < -0.39 is 0 Å². The first-order chi connectivity index (χ1) is 7.27. The third kappa shape index (κ3) is 2.73. The Bertz CT molecular complexity index is 207. The van der Waals surface area contributed by atoms with Crippen molar-refractivity contribution in [1.82, 2.24) is 5.32 Å². The van der Waals surface area contributed by atoms with Crippen molar-refractivity contribution in [1.29, 1.82) is 0 Å². The summed E-state index contributed by atoms with van der Waals surface area (Å²) in [5.41, 5.74) is 0.762. The summed E-state index contributed by atoms with van der Waals surface area (Å²) < 4.78 is 5.04. The number of hydrogen-bond donors (Lipinski definition) is 1. The fraction of sp³-hybridized carbons (Fsp3) is 1.00. The van der Waals surface area contributed by atoms with E-state index >= 15 is 0 Å². The quantitative estimate of drug-likeness (QED) is 0.705. The molecule has 0 radical (unpaired) electrons. The van der Waals surface area contributed by atoms with E-state index in [1.807, 2.05) is 0 Å².